The first-order chi connectivity index (χ1) is 7.84. The molecule has 1 fully saturated rings. The molecule has 0 aromatic rings. The zero-order valence-electron chi connectivity index (χ0n) is 8.96. The molecule has 1 saturated heterocycles. The van der Waals surface area contributed by atoms with Gasteiger partial charge in [0.15, 0.2) is 0 Å². The molecule has 11 heteroatoms. The van der Waals surface area contributed by atoms with Crippen LogP contribution in [0.2, 0.25) is 0 Å². The molecule has 0 saturated carbocycles. The molecule has 0 bridgehead atoms. The van der Waals surface area contributed by atoms with Gasteiger partial charge < -0.3 is 15.4 Å². The standard InChI is InChI=1S/C6H13NO8P2/c1-12-17(10,11)15-4-2-6(7)14-5(4)3-13-16(8)9/h4-6H,2-3,7H2,1H3,(H-,8,9,10,11)/p+1/t4-,5+,6+/m0/s1. The Labute approximate surface area is 98.4 Å². The van der Waals surface area contributed by atoms with Crippen molar-refractivity contribution in [1.29, 1.82) is 0 Å². The number of ether oxygens (including phenoxy) is 1. The van der Waals surface area contributed by atoms with Gasteiger partial charge in [0, 0.05) is 18.1 Å². The van der Waals surface area contributed by atoms with E-state index in [1.807, 2.05) is 0 Å². The molecule has 5 atom stereocenters. The zero-order chi connectivity index (χ0) is 13.1. The highest BCUT2D eigenvalue weighted by atomic mass is 31.2. The highest BCUT2D eigenvalue weighted by molar-refractivity contribution is 7.47. The topological polar surface area (TPSA) is 138 Å². The lowest BCUT2D eigenvalue weighted by Gasteiger charge is -2.18. The summed E-state index contributed by atoms with van der Waals surface area (Å²) in [5.41, 5.74) is 5.48. The summed E-state index contributed by atoms with van der Waals surface area (Å²) in [4.78, 5) is 17.6. The molecule has 0 amide bonds. The van der Waals surface area contributed by atoms with Crippen LogP contribution in [-0.2, 0) is 27.4 Å². The van der Waals surface area contributed by atoms with E-state index in [1.54, 1.807) is 0 Å². The highest BCUT2D eigenvalue weighted by Crippen LogP contribution is 2.46. The van der Waals surface area contributed by atoms with Crippen molar-refractivity contribution in [2.24, 2.45) is 5.73 Å². The first-order valence-electron chi connectivity index (χ1n) is 4.61. The second-order valence-electron chi connectivity index (χ2n) is 3.28. The monoisotopic (exact) mass is 290 g/mol. The maximum Gasteiger partial charge on any atom is 0.694 e. The van der Waals surface area contributed by atoms with Crippen LogP contribution < -0.4 is 5.73 Å². The molecule has 1 aliphatic heterocycles. The van der Waals surface area contributed by atoms with Gasteiger partial charge in [-0.15, -0.1) is 9.42 Å². The molecule has 0 aromatic carbocycles. The van der Waals surface area contributed by atoms with E-state index in [1.165, 1.54) is 0 Å². The molecule has 9 nitrogen and oxygen atoms in total. The summed E-state index contributed by atoms with van der Waals surface area (Å²) in [7, 11) is -5.92. The first-order valence-corrected chi connectivity index (χ1v) is 7.23. The smallest absolute Gasteiger partial charge is 0.355 e. The molecule has 1 aliphatic rings. The van der Waals surface area contributed by atoms with Crippen LogP contribution in [0.5, 0.6) is 0 Å². The molecule has 0 aliphatic carbocycles. The zero-order valence-corrected chi connectivity index (χ0v) is 10.8. The largest absolute Gasteiger partial charge is 0.694 e. The van der Waals surface area contributed by atoms with Gasteiger partial charge in [-0.25, -0.2) is 4.57 Å². The molecule has 1 rings (SSSR count). The van der Waals surface area contributed by atoms with Crippen molar-refractivity contribution in [3.63, 3.8) is 0 Å². The Bertz CT molecular complexity index is 325. The minimum absolute atomic E-state index is 0.157. The van der Waals surface area contributed by atoms with Crippen molar-refractivity contribution >= 4 is 16.1 Å². The summed E-state index contributed by atoms with van der Waals surface area (Å²) >= 11 is 0. The fourth-order valence-electron chi connectivity index (χ4n) is 1.36. The summed E-state index contributed by atoms with van der Waals surface area (Å²) < 4.78 is 40.2. The van der Waals surface area contributed by atoms with Crippen LogP contribution in [0.3, 0.4) is 0 Å². The third-order valence-electron chi connectivity index (χ3n) is 2.08. The van der Waals surface area contributed by atoms with Gasteiger partial charge in [0.25, 0.3) is 0 Å². The predicted molar refractivity (Wildman–Crippen MR) is 55.0 cm³/mol. The number of phosphoric ester groups is 1. The lowest BCUT2D eigenvalue weighted by atomic mass is 10.2. The van der Waals surface area contributed by atoms with Crippen molar-refractivity contribution in [1.82, 2.24) is 0 Å². The average Bonchev–Trinajstić information content (AvgIpc) is 2.55. The minimum atomic E-state index is -4.16. The van der Waals surface area contributed by atoms with E-state index in [2.05, 4.69) is 9.05 Å². The SMILES string of the molecule is COP(=O)(O)O[C@H]1C[C@H](N)O[C@@H]1CO[P+](=O)O. The first kappa shape index (κ1) is 15.1. The van der Waals surface area contributed by atoms with Gasteiger partial charge in [0.2, 0.25) is 0 Å². The Morgan fingerprint density at radius 2 is 2.29 bits per heavy atom. The van der Waals surface area contributed by atoms with Gasteiger partial charge in [-0.2, -0.15) is 0 Å². The molecule has 0 radical (unpaired) electrons. The maximum atomic E-state index is 11.2. The third kappa shape index (κ3) is 5.05. The summed E-state index contributed by atoms with van der Waals surface area (Å²) in [5, 5.41) is 0. The normalized spacial score (nSPS) is 33.4. The summed E-state index contributed by atoms with van der Waals surface area (Å²) in [5.74, 6) is 0. The Balaban J connectivity index is 2.56. The third-order valence-corrected chi connectivity index (χ3v) is 3.45. The molecule has 2 unspecified atom stereocenters. The maximum absolute atomic E-state index is 11.2. The van der Waals surface area contributed by atoms with E-state index >= 15 is 0 Å². The number of nitrogens with two attached hydrogens (primary N) is 1. The van der Waals surface area contributed by atoms with E-state index in [9.17, 15) is 9.13 Å². The van der Waals surface area contributed by atoms with Gasteiger partial charge in [0.05, 0.1) is 0 Å². The van der Waals surface area contributed by atoms with Crippen LogP contribution in [-0.4, -0.2) is 41.9 Å². The van der Waals surface area contributed by atoms with Gasteiger partial charge in [-0.1, -0.05) is 0 Å². The number of hydrogen-bond donors (Lipinski definition) is 3. The quantitative estimate of drug-likeness (QED) is 0.570. The van der Waals surface area contributed by atoms with E-state index in [0.717, 1.165) is 7.11 Å². The van der Waals surface area contributed by atoms with Crippen LogP contribution in [0.4, 0.5) is 0 Å². The molecule has 4 N–H and O–H groups in total. The summed E-state index contributed by atoms with van der Waals surface area (Å²) in [6, 6.07) is 0. The van der Waals surface area contributed by atoms with Gasteiger partial charge in [0.1, 0.15) is 25.0 Å². The Morgan fingerprint density at radius 3 is 2.82 bits per heavy atom. The van der Waals surface area contributed by atoms with E-state index in [4.69, 9.17) is 24.8 Å². The highest BCUT2D eigenvalue weighted by Gasteiger charge is 2.40. The van der Waals surface area contributed by atoms with Gasteiger partial charge in [-0.05, 0) is 0 Å². The predicted octanol–water partition coefficient (Wildman–Crippen LogP) is -0.142. The van der Waals surface area contributed by atoms with Crippen LogP contribution in [0, 0.1) is 0 Å². The Hall–Kier alpha value is 0.0500. The second-order valence-corrected chi connectivity index (χ2v) is 5.52. The molecule has 0 aromatic heterocycles. The van der Waals surface area contributed by atoms with E-state index in [0.29, 0.717) is 0 Å². The van der Waals surface area contributed by atoms with Crippen molar-refractivity contribution < 1.29 is 37.2 Å². The molecule has 1 heterocycles. The van der Waals surface area contributed by atoms with Gasteiger partial charge >= 0.3 is 16.1 Å². The number of hydrogen-bond acceptors (Lipinski definition) is 7. The summed E-state index contributed by atoms with van der Waals surface area (Å²) in [6.45, 7) is -0.270. The van der Waals surface area contributed by atoms with Crippen LogP contribution in [0.25, 0.3) is 0 Å². The number of rotatable bonds is 6. The lowest BCUT2D eigenvalue weighted by Crippen LogP contribution is -2.28. The van der Waals surface area contributed by atoms with Crippen LogP contribution in [0.1, 0.15) is 6.42 Å². The molecule has 17 heavy (non-hydrogen) atoms. The average molecular weight is 290 g/mol. The van der Waals surface area contributed by atoms with Crippen molar-refractivity contribution in [3.8, 4) is 0 Å². The van der Waals surface area contributed by atoms with Crippen LogP contribution in [0.15, 0.2) is 0 Å². The van der Waals surface area contributed by atoms with E-state index < -0.39 is 34.5 Å². The Kier molecular flexibility index (Phi) is 5.59. The Morgan fingerprint density at radius 1 is 1.65 bits per heavy atom. The molecular formula is C6H14NO8P2+. The summed E-state index contributed by atoms with van der Waals surface area (Å²) in [6.07, 6.45) is -2.17. The molecular weight excluding hydrogens is 276 g/mol. The lowest BCUT2D eigenvalue weighted by molar-refractivity contribution is -0.0154. The molecule has 100 valence electrons. The van der Waals surface area contributed by atoms with Gasteiger partial charge in [-0.3, -0.25) is 9.05 Å². The number of phosphoric acid groups is 1. The fourth-order valence-corrected chi connectivity index (χ4v) is 2.28. The van der Waals surface area contributed by atoms with Crippen molar-refractivity contribution in [2.45, 2.75) is 24.9 Å². The molecule has 0 spiro atoms. The van der Waals surface area contributed by atoms with Crippen LogP contribution >= 0.6 is 16.1 Å². The fraction of sp³-hybridized carbons (Fsp3) is 1.00. The van der Waals surface area contributed by atoms with Crippen molar-refractivity contribution in [2.75, 3.05) is 13.7 Å². The van der Waals surface area contributed by atoms with E-state index in [-0.39, 0.29) is 13.0 Å². The minimum Gasteiger partial charge on any atom is -0.355 e. The second kappa shape index (κ2) is 6.29. The van der Waals surface area contributed by atoms with Crippen molar-refractivity contribution in [3.05, 3.63) is 0 Å².